The molecule has 3 N–H and O–H groups in total. The van der Waals surface area contributed by atoms with Crippen LogP contribution in [0.1, 0.15) is 11.3 Å². The average molecular weight is 322 g/mol. The first-order chi connectivity index (χ1) is 11.7. The van der Waals surface area contributed by atoms with Gasteiger partial charge in [0.1, 0.15) is 11.5 Å². The summed E-state index contributed by atoms with van der Waals surface area (Å²) >= 11 is 0. The number of nitrogens with one attached hydrogen (secondary N) is 1. The van der Waals surface area contributed by atoms with Crippen molar-refractivity contribution in [1.82, 2.24) is 19.9 Å². The molecule has 4 rings (SSSR count). The summed E-state index contributed by atoms with van der Waals surface area (Å²) in [5.41, 5.74) is 9.16. The van der Waals surface area contributed by atoms with Crippen LogP contribution in [-0.2, 0) is 6.42 Å². The Hall–Kier alpha value is -2.60. The number of anilines is 2. The van der Waals surface area contributed by atoms with Crippen molar-refractivity contribution in [2.75, 3.05) is 43.9 Å². The molecule has 24 heavy (non-hydrogen) atoms. The highest BCUT2D eigenvalue weighted by Crippen LogP contribution is 2.27. The van der Waals surface area contributed by atoms with Crippen molar-refractivity contribution in [2.24, 2.45) is 0 Å². The molecule has 124 valence electrons. The maximum Gasteiger partial charge on any atom is 0.223 e. The van der Waals surface area contributed by atoms with Gasteiger partial charge in [-0.25, -0.2) is 0 Å². The normalized spacial score (nSPS) is 16.0. The summed E-state index contributed by atoms with van der Waals surface area (Å²) in [7, 11) is 2.15. The highest BCUT2D eigenvalue weighted by Gasteiger charge is 2.20. The van der Waals surface area contributed by atoms with Crippen molar-refractivity contribution in [3.63, 3.8) is 0 Å². The fraction of sp³-hybridized carbons (Fsp3) is 0.333. The standard InChI is InChI=1S/C18H22N6/c1-23-7-9-24(10-8-23)17-15-12-14(11-13-5-3-2-4-6-13)20-16(15)21-18(19)22-17/h2-6,12H,7-11H2,1H3,(H3,19,20,21,22). The molecule has 0 aliphatic carbocycles. The Balaban J connectivity index is 1.69. The molecular weight excluding hydrogens is 300 g/mol. The number of rotatable bonds is 3. The Labute approximate surface area is 141 Å². The fourth-order valence-electron chi connectivity index (χ4n) is 3.24. The van der Waals surface area contributed by atoms with Crippen LogP contribution in [0, 0.1) is 0 Å². The lowest BCUT2D eigenvalue weighted by Crippen LogP contribution is -2.45. The molecule has 1 saturated heterocycles. The van der Waals surface area contributed by atoms with E-state index < -0.39 is 0 Å². The van der Waals surface area contributed by atoms with E-state index in [0.717, 1.165) is 55.1 Å². The summed E-state index contributed by atoms with van der Waals surface area (Å²) in [4.78, 5) is 16.9. The van der Waals surface area contributed by atoms with Crippen molar-refractivity contribution in [3.05, 3.63) is 47.7 Å². The number of likely N-dealkylation sites (N-methyl/N-ethyl adjacent to an activating group) is 1. The highest BCUT2D eigenvalue weighted by atomic mass is 15.3. The van der Waals surface area contributed by atoms with Crippen LogP contribution in [-0.4, -0.2) is 53.1 Å². The number of hydrogen-bond donors (Lipinski definition) is 2. The lowest BCUT2D eigenvalue weighted by molar-refractivity contribution is 0.312. The first-order valence-corrected chi connectivity index (χ1v) is 8.31. The first kappa shape index (κ1) is 15.0. The largest absolute Gasteiger partial charge is 0.368 e. The number of aromatic amines is 1. The van der Waals surface area contributed by atoms with Crippen LogP contribution in [0.5, 0.6) is 0 Å². The molecular formula is C18H22N6. The van der Waals surface area contributed by atoms with Crippen LogP contribution in [0.3, 0.4) is 0 Å². The summed E-state index contributed by atoms with van der Waals surface area (Å²) in [5.74, 6) is 1.27. The summed E-state index contributed by atoms with van der Waals surface area (Å²) in [6.07, 6.45) is 0.847. The van der Waals surface area contributed by atoms with Gasteiger partial charge in [0.25, 0.3) is 0 Å². The third-order valence-electron chi connectivity index (χ3n) is 4.58. The topological polar surface area (TPSA) is 74.1 Å². The minimum Gasteiger partial charge on any atom is -0.368 e. The van der Waals surface area contributed by atoms with Gasteiger partial charge in [-0.3, -0.25) is 0 Å². The maximum atomic E-state index is 5.94. The van der Waals surface area contributed by atoms with E-state index in [1.54, 1.807) is 0 Å². The van der Waals surface area contributed by atoms with E-state index in [-0.39, 0.29) is 0 Å². The molecule has 0 spiro atoms. The van der Waals surface area contributed by atoms with Crippen molar-refractivity contribution >= 4 is 22.8 Å². The minimum absolute atomic E-state index is 0.324. The molecule has 0 amide bonds. The number of nitrogens with zero attached hydrogens (tertiary/aromatic N) is 4. The lowest BCUT2D eigenvalue weighted by Gasteiger charge is -2.33. The van der Waals surface area contributed by atoms with Crippen molar-refractivity contribution in [2.45, 2.75) is 6.42 Å². The van der Waals surface area contributed by atoms with E-state index in [1.807, 2.05) is 6.07 Å². The van der Waals surface area contributed by atoms with Crippen molar-refractivity contribution in [3.8, 4) is 0 Å². The Kier molecular flexibility index (Phi) is 3.82. The first-order valence-electron chi connectivity index (χ1n) is 8.31. The van der Waals surface area contributed by atoms with Crippen molar-refractivity contribution in [1.29, 1.82) is 0 Å². The number of benzene rings is 1. The zero-order chi connectivity index (χ0) is 16.5. The van der Waals surface area contributed by atoms with E-state index in [4.69, 9.17) is 5.73 Å². The van der Waals surface area contributed by atoms with Gasteiger partial charge in [-0.1, -0.05) is 30.3 Å². The molecule has 1 aromatic carbocycles. The van der Waals surface area contributed by atoms with Gasteiger partial charge in [0.15, 0.2) is 0 Å². The summed E-state index contributed by atoms with van der Waals surface area (Å²) in [6, 6.07) is 12.6. The predicted octanol–water partition coefficient (Wildman–Crippen LogP) is 1.88. The van der Waals surface area contributed by atoms with Gasteiger partial charge in [0.05, 0.1) is 5.39 Å². The Bertz CT molecular complexity index is 833. The third kappa shape index (κ3) is 2.92. The van der Waals surface area contributed by atoms with E-state index in [2.05, 4.69) is 62.1 Å². The van der Waals surface area contributed by atoms with Gasteiger partial charge < -0.3 is 20.5 Å². The number of piperazine rings is 1. The number of aromatic nitrogens is 3. The zero-order valence-electron chi connectivity index (χ0n) is 13.9. The fourth-order valence-corrected chi connectivity index (χ4v) is 3.24. The van der Waals surface area contributed by atoms with Crippen LogP contribution in [0.25, 0.3) is 11.0 Å². The molecule has 0 unspecified atom stereocenters. The van der Waals surface area contributed by atoms with E-state index >= 15 is 0 Å². The van der Waals surface area contributed by atoms with Crippen LogP contribution in [0.4, 0.5) is 11.8 Å². The van der Waals surface area contributed by atoms with Crippen LogP contribution in [0.15, 0.2) is 36.4 Å². The van der Waals surface area contributed by atoms with Crippen LogP contribution < -0.4 is 10.6 Å². The van der Waals surface area contributed by atoms with Gasteiger partial charge in [-0.05, 0) is 18.7 Å². The van der Waals surface area contributed by atoms with Gasteiger partial charge in [-0.2, -0.15) is 9.97 Å². The molecule has 0 radical (unpaired) electrons. The minimum atomic E-state index is 0.324. The lowest BCUT2D eigenvalue weighted by atomic mass is 10.1. The highest BCUT2D eigenvalue weighted by molar-refractivity contribution is 5.89. The molecule has 3 aromatic rings. The second-order valence-corrected chi connectivity index (χ2v) is 6.41. The maximum absolute atomic E-state index is 5.94. The number of hydrogen-bond acceptors (Lipinski definition) is 5. The number of nitrogens with two attached hydrogens (primary N) is 1. The molecule has 0 saturated carbocycles. The summed E-state index contributed by atoms with van der Waals surface area (Å²) in [6.45, 7) is 3.99. The second-order valence-electron chi connectivity index (χ2n) is 6.41. The Morgan fingerprint density at radius 1 is 1.08 bits per heavy atom. The average Bonchev–Trinajstić information content (AvgIpc) is 2.98. The summed E-state index contributed by atoms with van der Waals surface area (Å²) < 4.78 is 0. The molecule has 3 heterocycles. The second kappa shape index (κ2) is 6.13. The van der Waals surface area contributed by atoms with Gasteiger partial charge >= 0.3 is 0 Å². The predicted molar refractivity (Wildman–Crippen MR) is 97.3 cm³/mol. The van der Waals surface area contributed by atoms with Crippen LogP contribution in [0.2, 0.25) is 0 Å². The molecule has 6 nitrogen and oxygen atoms in total. The van der Waals surface area contributed by atoms with Gasteiger partial charge in [-0.15, -0.1) is 0 Å². The summed E-state index contributed by atoms with van der Waals surface area (Å²) in [5, 5.41) is 1.06. The monoisotopic (exact) mass is 322 g/mol. The van der Waals surface area contributed by atoms with Gasteiger partial charge in [0, 0.05) is 38.3 Å². The third-order valence-corrected chi connectivity index (χ3v) is 4.58. The number of H-pyrrole nitrogens is 1. The smallest absolute Gasteiger partial charge is 0.223 e. The van der Waals surface area contributed by atoms with Crippen molar-refractivity contribution < 1.29 is 0 Å². The number of nitrogen functional groups attached to an aromatic ring is 1. The van der Waals surface area contributed by atoms with E-state index in [0.29, 0.717) is 5.95 Å². The molecule has 2 aromatic heterocycles. The molecule has 1 aliphatic heterocycles. The zero-order valence-corrected chi connectivity index (χ0v) is 13.9. The van der Waals surface area contributed by atoms with E-state index in [1.165, 1.54) is 5.56 Å². The Morgan fingerprint density at radius 3 is 2.58 bits per heavy atom. The molecule has 1 aliphatic rings. The Morgan fingerprint density at radius 2 is 1.83 bits per heavy atom. The SMILES string of the molecule is CN1CCN(c2nc(N)nc3[nH]c(Cc4ccccc4)cc23)CC1. The van der Waals surface area contributed by atoms with E-state index in [9.17, 15) is 0 Å². The van der Waals surface area contributed by atoms with Gasteiger partial charge in [0.2, 0.25) is 5.95 Å². The molecule has 6 heteroatoms. The quantitative estimate of drug-likeness (QED) is 0.770. The molecule has 1 fully saturated rings. The number of fused-ring (bicyclic) bond motifs is 1. The molecule has 0 atom stereocenters. The van der Waals surface area contributed by atoms with Crippen LogP contribution >= 0.6 is 0 Å². The molecule has 0 bridgehead atoms.